The summed E-state index contributed by atoms with van der Waals surface area (Å²) in [6, 6.07) is 18.8. The number of esters is 1. The molecular formula is C23H26ClNO2. The summed E-state index contributed by atoms with van der Waals surface area (Å²) in [5.41, 5.74) is 2.10. The number of fused-ring (bicyclic) bond motifs is 2. The SMILES string of the molecule is CN1[C@@H]2CC[C@H]1CC(OC(=O)C(Cc1ccc(Cl)cc1)c1ccccc1)C2. The highest BCUT2D eigenvalue weighted by Crippen LogP contribution is 2.36. The van der Waals surface area contributed by atoms with E-state index in [-0.39, 0.29) is 18.0 Å². The van der Waals surface area contributed by atoms with Gasteiger partial charge in [-0.25, -0.2) is 0 Å². The predicted molar refractivity (Wildman–Crippen MR) is 108 cm³/mol. The number of nitrogens with zero attached hydrogens (tertiary/aromatic N) is 1. The first-order valence-electron chi connectivity index (χ1n) is 9.82. The second kappa shape index (κ2) is 8.04. The van der Waals surface area contributed by atoms with Gasteiger partial charge in [-0.15, -0.1) is 0 Å². The summed E-state index contributed by atoms with van der Waals surface area (Å²) < 4.78 is 6.04. The van der Waals surface area contributed by atoms with Gasteiger partial charge in [0.25, 0.3) is 0 Å². The standard InChI is InChI=1S/C23H26ClNO2/c1-25-19-11-12-20(25)15-21(14-19)27-23(26)22(17-5-3-2-4-6-17)13-16-7-9-18(24)10-8-16/h2-10,19-22H,11-15H2,1H3/t19-,20+,21?,22?. The smallest absolute Gasteiger partial charge is 0.314 e. The Kier molecular flexibility index (Phi) is 5.51. The van der Waals surface area contributed by atoms with Crippen LogP contribution in [-0.4, -0.2) is 36.1 Å². The van der Waals surface area contributed by atoms with Crippen molar-refractivity contribution in [3.8, 4) is 0 Å². The first-order valence-corrected chi connectivity index (χ1v) is 10.2. The van der Waals surface area contributed by atoms with Crippen LogP contribution in [0.2, 0.25) is 5.02 Å². The van der Waals surface area contributed by atoms with Gasteiger partial charge in [0.15, 0.2) is 0 Å². The van der Waals surface area contributed by atoms with E-state index < -0.39 is 0 Å². The van der Waals surface area contributed by atoms with Crippen LogP contribution >= 0.6 is 11.6 Å². The fourth-order valence-electron chi connectivity index (χ4n) is 4.58. The van der Waals surface area contributed by atoms with Crippen molar-refractivity contribution in [1.29, 1.82) is 0 Å². The van der Waals surface area contributed by atoms with Crippen molar-refractivity contribution in [2.24, 2.45) is 0 Å². The van der Waals surface area contributed by atoms with E-state index in [1.54, 1.807) is 0 Å². The van der Waals surface area contributed by atoms with E-state index in [1.165, 1.54) is 12.8 Å². The molecule has 142 valence electrons. The average molecular weight is 384 g/mol. The van der Waals surface area contributed by atoms with Crippen LogP contribution in [0.4, 0.5) is 0 Å². The minimum absolute atomic E-state index is 0.0441. The zero-order valence-electron chi connectivity index (χ0n) is 15.7. The first kappa shape index (κ1) is 18.5. The van der Waals surface area contributed by atoms with Gasteiger partial charge < -0.3 is 9.64 Å². The van der Waals surface area contributed by atoms with Crippen molar-refractivity contribution in [1.82, 2.24) is 4.90 Å². The van der Waals surface area contributed by atoms with Gasteiger partial charge in [0.2, 0.25) is 0 Å². The van der Waals surface area contributed by atoms with Gasteiger partial charge in [-0.3, -0.25) is 4.79 Å². The van der Waals surface area contributed by atoms with Crippen molar-refractivity contribution >= 4 is 17.6 Å². The lowest BCUT2D eigenvalue weighted by Crippen LogP contribution is -2.43. The molecule has 2 aromatic rings. The molecule has 2 aliphatic heterocycles. The number of rotatable bonds is 5. The Morgan fingerprint density at radius 3 is 2.33 bits per heavy atom. The van der Waals surface area contributed by atoms with Gasteiger partial charge in [0.1, 0.15) is 6.10 Å². The molecule has 0 saturated carbocycles. The molecule has 2 aliphatic rings. The maximum Gasteiger partial charge on any atom is 0.314 e. The van der Waals surface area contributed by atoms with E-state index in [0.29, 0.717) is 23.5 Å². The number of halogens is 1. The minimum Gasteiger partial charge on any atom is -0.462 e. The summed E-state index contributed by atoms with van der Waals surface area (Å²) in [5, 5.41) is 0.708. The van der Waals surface area contributed by atoms with E-state index in [1.807, 2.05) is 54.6 Å². The Hall–Kier alpha value is -1.84. The predicted octanol–water partition coefficient (Wildman–Crippen LogP) is 4.83. The van der Waals surface area contributed by atoms with Crippen LogP contribution in [0.1, 0.15) is 42.7 Å². The molecule has 0 spiro atoms. The molecule has 2 saturated heterocycles. The highest BCUT2D eigenvalue weighted by Gasteiger charge is 2.40. The van der Waals surface area contributed by atoms with Crippen LogP contribution in [-0.2, 0) is 16.0 Å². The van der Waals surface area contributed by atoms with Crippen LogP contribution in [0.5, 0.6) is 0 Å². The highest BCUT2D eigenvalue weighted by molar-refractivity contribution is 6.30. The number of carbonyl (C=O) groups is 1. The largest absolute Gasteiger partial charge is 0.462 e. The maximum absolute atomic E-state index is 13.1. The summed E-state index contributed by atoms with van der Waals surface area (Å²) in [7, 11) is 2.20. The zero-order valence-corrected chi connectivity index (χ0v) is 16.4. The van der Waals surface area contributed by atoms with Gasteiger partial charge in [-0.2, -0.15) is 0 Å². The molecule has 2 heterocycles. The molecule has 2 fully saturated rings. The van der Waals surface area contributed by atoms with Gasteiger partial charge in [0, 0.05) is 17.1 Å². The number of carbonyl (C=O) groups excluding carboxylic acids is 1. The fraction of sp³-hybridized carbons (Fsp3) is 0.435. The van der Waals surface area contributed by atoms with Crippen LogP contribution in [0.3, 0.4) is 0 Å². The maximum atomic E-state index is 13.1. The molecule has 2 bridgehead atoms. The van der Waals surface area contributed by atoms with Gasteiger partial charge in [-0.05, 0) is 62.4 Å². The van der Waals surface area contributed by atoms with Crippen molar-refractivity contribution in [2.45, 2.75) is 56.2 Å². The third-order valence-corrected chi connectivity index (χ3v) is 6.43. The Balaban J connectivity index is 1.49. The number of ether oxygens (including phenoxy) is 1. The topological polar surface area (TPSA) is 29.5 Å². The fourth-order valence-corrected chi connectivity index (χ4v) is 4.71. The third kappa shape index (κ3) is 4.20. The molecule has 4 rings (SSSR count). The van der Waals surface area contributed by atoms with Crippen LogP contribution in [0.25, 0.3) is 0 Å². The molecule has 4 heteroatoms. The molecule has 2 aromatic carbocycles. The summed E-state index contributed by atoms with van der Waals surface area (Å²) >= 11 is 6.01. The molecule has 0 aromatic heterocycles. The summed E-state index contributed by atoms with van der Waals surface area (Å²) in [5.74, 6) is -0.394. The number of hydrogen-bond acceptors (Lipinski definition) is 3. The van der Waals surface area contributed by atoms with E-state index >= 15 is 0 Å². The van der Waals surface area contributed by atoms with Crippen molar-refractivity contribution < 1.29 is 9.53 Å². The van der Waals surface area contributed by atoms with Crippen molar-refractivity contribution in [3.05, 3.63) is 70.7 Å². The first-order chi connectivity index (χ1) is 13.1. The zero-order chi connectivity index (χ0) is 18.8. The van der Waals surface area contributed by atoms with Gasteiger partial charge in [0.05, 0.1) is 5.92 Å². The normalized spacial score (nSPS) is 25.9. The molecule has 0 aliphatic carbocycles. The van der Waals surface area contributed by atoms with Gasteiger partial charge >= 0.3 is 5.97 Å². The Bertz CT molecular complexity index is 763. The van der Waals surface area contributed by atoms with Crippen molar-refractivity contribution in [2.75, 3.05) is 7.05 Å². The van der Waals surface area contributed by atoms with Crippen LogP contribution in [0.15, 0.2) is 54.6 Å². The Morgan fingerprint density at radius 2 is 1.70 bits per heavy atom. The summed E-state index contributed by atoms with van der Waals surface area (Å²) in [6.45, 7) is 0. The van der Waals surface area contributed by atoms with Crippen LogP contribution in [0, 0.1) is 0 Å². The summed E-state index contributed by atoms with van der Waals surface area (Å²) in [4.78, 5) is 15.6. The molecule has 2 unspecified atom stereocenters. The van der Waals surface area contributed by atoms with E-state index in [4.69, 9.17) is 16.3 Å². The van der Waals surface area contributed by atoms with E-state index in [2.05, 4.69) is 11.9 Å². The third-order valence-electron chi connectivity index (χ3n) is 6.18. The second-order valence-electron chi connectivity index (χ2n) is 7.87. The minimum atomic E-state index is -0.287. The van der Waals surface area contributed by atoms with Crippen molar-refractivity contribution in [3.63, 3.8) is 0 Å². The number of piperidine rings is 1. The summed E-state index contributed by atoms with van der Waals surface area (Å²) in [6.07, 6.45) is 5.04. The average Bonchev–Trinajstić information content (AvgIpc) is 2.89. The molecule has 3 nitrogen and oxygen atoms in total. The van der Waals surface area contributed by atoms with E-state index in [0.717, 1.165) is 24.0 Å². The molecule has 0 N–H and O–H groups in total. The van der Waals surface area contributed by atoms with Gasteiger partial charge in [-0.1, -0.05) is 54.1 Å². The molecule has 0 radical (unpaired) electrons. The lowest BCUT2D eigenvalue weighted by molar-refractivity contribution is -0.154. The lowest BCUT2D eigenvalue weighted by atomic mass is 9.91. The second-order valence-corrected chi connectivity index (χ2v) is 8.31. The molecule has 4 atom stereocenters. The number of benzene rings is 2. The molecule has 27 heavy (non-hydrogen) atoms. The molecule has 0 amide bonds. The lowest BCUT2D eigenvalue weighted by Gasteiger charge is -2.36. The highest BCUT2D eigenvalue weighted by atomic mass is 35.5. The monoisotopic (exact) mass is 383 g/mol. The number of hydrogen-bond donors (Lipinski definition) is 0. The quantitative estimate of drug-likeness (QED) is 0.692. The molecular weight excluding hydrogens is 358 g/mol. The Morgan fingerprint density at radius 1 is 1.07 bits per heavy atom. The van der Waals surface area contributed by atoms with Crippen LogP contribution < -0.4 is 0 Å². The van der Waals surface area contributed by atoms with E-state index in [9.17, 15) is 4.79 Å². The Labute approximate surface area is 166 Å².